The van der Waals surface area contributed by atoms with Gasteiger partial charge in [-0.3, -0.25) is 14.4 Å². The highest BCUT2D eigenvalue weighted by atomic mass is 127. The van der Waals surface area contributed by atoms with E-state index in [0.717, 1.165) is 0 Å². The molecule has 2 N–H and O–H groups in total. The van der Waals surface area contributed by atoms with Gasteiger partial charge in [0.15, 0.2) is 11.9 Å². The summed E-state index contributed by atoms with van der Waals surface area (Å²) in [6.45, 7) is 3.90. The quantitative estimate of drug-likeness (QED) is 0.283. The highest BCUT2D eigenvalue weighted by molar-refractivity contribution is 14.1. The van der Waals surface area contributed by atoms with Crippen LogP contribution < -0.4 is 5.32 Å². The monoisotopic (exact) mass is 671 g/mol. The van der Waals surface area contributed by atoms with Crippen molar-refractivity contribution in [2.75, 3.05) is 5.32 Å². The molecule has 0 unspecified atom stereocenters. The summed E-state index contributed by atoms with van der Waals surface area (Å²) >= 11 is 5.50. The van der Waals surface area contributed by atoms with Crippen LogP contribution in [0.5, 0.6) is 0 Å². The van der Waals surface area contributed by atoms with Gasteiger partial charge in [-0.1, -0.05) is 0 Å². The summed E-state index contributed by atoms with van der Waals surface area (Å²) in [5, 5.41) is 12.0. The standard InChI is InChI=1S/C14H12I3NO6/c1-4(19)7-9(15)8(14(22)23)11(17)12(10(7)16)18-13(21)5(2)24-6(3)20/h5H,1-3H3,(H,18,21)(H,22,23)/t5-/m0/s1. The number of anilines is 1. The van der Waals surface area contributed by atoms with Crippen molar-refractivity contribution in [2.45, 2.75) is 26.9 Å². The lowest BCUT2D eigenvalue weighted by atomic mass is 10.1. The Morgan fingerprint density at radius 1 is 1.00 bits per heavy atom. The van der Waals surface area contributed by atoms with Gasteiger partial charge in [-0.15, -0.1) is 0 Å². The second kappa shape index (κ2) is 8.73. The van der Waals surface area contributed by atoms with Crippen LogP contribution in [0.4, 0.5) is 5.69 Å². The lowest BCUT2D eigenvalue weighted by Crippen LogP contribution is -2.30. The van der Waals surface area contributed by atoms with E-state index in [1.54, 1.807) is 22.6 Å². The van der Waals surface area contributed by atoms with E-state index in [0.29, 0.717) is 10.7 Å². The first-order valence-electron chi connectivity index (χ1n) is 6.41. The average Bonchev–Trinajstić information content (AvgIpc) is 2.41. The topological polar surface area (TPSA) is 110 Å². The zero-order chi connectivity index (χ0) is 18.8. The number of benzene rings is 1. The fourth-order valence-corrected chi connectivity index (χ4v) is 6.45. The number of rotatable bonds is 5. The fraction of sp³-hybridized carbons (Fsp3) is 0.286. The SMILES string of the molecule is CC(=O)O[C@@H](C)C(=O)Nc1c(I)c(C(C)=O)c(I)c(C(=O)O)c1I. The van der Waals surface area contributed by atoms with E-state index in [4.69, 9.17) is 4.74 Å². The van der Waals surface area contributed by atoms with Crippen molar-refractivity contribution in [3.05, 3.63) is 21.8 Å². The number of carbonyl (C=O) groups excluding carboxylic acids is 3. The minimum atomic E-state index is -1.20. The third-order valence-electron chi connectivity index (χ3n) is 2.84. The predicted octanol–water partition coefficient (Wildman–Crippen LogP) is 3.29. The molecule has 24 heavy (non-hydrogen) atoms. The molecule has 1 aromatic rings. The lowest BCUT2D eigenvalue weighted by Gasteiger charge is -2.18. The maximum Gasteiger partial charge on any atom is 0.337 e. The summed E-state index contributed by atoms with van der Waals surface area (Å²) in [6, 6.07) is 0. The fourth-order valence-electron chi connectivity index (χ4n) is 1.80. The van der Waals surface area contributed by atoms with Gasteiger partial charge in [0.1, 0.15) is 0 Å². The number of halogens is 3. The van der Waals surface area contributed by atoms with Gasteiger partial charge in [-0.05, 0) is 81.6 Å². The van der Waals surface area contributed by atoms with Crippen LogP contribution in [0.3, 0.4) is 0 Å². The van der Waals surface area contributed by atoms with Gasteiger partial charge in [-0.2, -0.15) is 0 Å². The summed E-state index contributed by atoms with van der Waals surface area (Å²) in [5.74, 6) is -2.74. The van der Waals surface area contributed by atoms with E-state index in [9.17, 15) is 24.3 Å². The van der Waals surface area contributed by atoms with Gasteiger partial charge in [-0.25, -0.2) is 4.79 Å². The van der Waals surface area contributed by atoms with Crippen LogP contribution in [0.2, 0.25) is 0 Å². The summed E-state index contributed by atoms with van der Waals surface area (Å²) in [5.41, 5.74) is 0.380. The number of Topliss-reactive ketones (excluding diaryl/α,β-unsaturated/α-hetero) is 1. The van der Waals surface area contributed by atoms with E-state index in [1.165, 1.54) is 20.8 Å². The molecule has 0 spiro atoms. The Balaban J connectivity index is 3.48. The minimum Gasteiger partial charge on any atom is -0.478 e. The van der Waals surface area contributed by atoms with E-state index < -0.39 is 23.9 Å². The van der Waals surface area contributed by atoms with Gasteiger partial charge in [0.05, 0.1) is 14.8 Å². The van der Waals surface area contributed by atoms with Crippen molar-refractivity contribution in [2.24, 2.45) is 0 Å². The van der Waals surface area contributed by atoms with Crippen molar-refractivity contribution in [1.82, 2.24) is 0 Å². The van der Waals surface area contributed by atoms with E-state index in [-0.39, 0.29) is 22.6 Å². The molecule has 10 heteroatoms. The molecular weight excluding hydrogens is 659 g/mol. The number of hydrogen-bond acceptors (Lipinski definition) is 5. The lowest BCUT2D eigenvalue weighted by molar-refractivity contribution is -0.150. The summed E-state index contributed by atoms with van der Waals surface area (Å²) < 4.78 is 5.84. The first-order chi connectivity index (χ1) is 11.0. The zero-order valence-corrected chi connectivity index (χ0v) is 19.2. The van der Waals surface area contributed by atoms with E-state index in [1.807, 2.05) is 45.2 Å². The van der Waals surface area contributed by atoms with E-state index >= 15 is 0 Å². The van der Waals surface area contributed by atoms with E-state index in [2.05, 4.69) is 5.32 Å². The van der Waals surface area contributed by atoms with Crippen molar-refractivity contribution >= 4 is 97.1 Å². The number of esters is 1. The Kier molecular flexibility index (Phi) is 7.83. The average molecular weight is 671 g/mol. The molecule has 1 atom stereocenters. The highest BCUT2D eigenvalue weighted by Gasteiger charge is 2.28. The second-order valence-corrected chi connectivity index (χ2v) is 7.91. The van der Waals surface area contributed by atoms with Crippen LogP contribution in [-0.4, -0.2) is 34.8 Å². The molecule has 0 aliphatic rings. The number of amides is 1. The maximum atomic E-state index is 12.2. The molecule has 0 saturated carbocycles. The summed E-state index contributed by atoms with van der Waals surface area (Å²) in [4.78, 5) is 46.6. The van der Waals surface area contributed by atoms with Gasteiger partial charge in [0.2, 0.25) is 0 Å². The Morgan fingerprint density at radius 2 is 1.50 bits per heavy atom. The number of nitrogens with one attached hydrogen (secondary N) is 1. The number of hydrogen-bond donors (Lipinski definition) is 2. The minimum absolute atomic E-state index is 0.0581. The van der Waals surface area contributed by atoms with Crippen LogP contribution in [0.15, 0.2) is 0 Å². The molecule has 0 aliphatic carbocycles. The number of ether oxygens (including phenoxy) is 1. The smallest absolute Gasteiger partial charge is 0.337 e. The first-order valence-corrected chi connectivity index (χ1v) is 9.65. The molecule has 0 aromatic heterocycles. The van der Waals surface area contributed by atoms with Crippen LogP contribution in [0.25, 0.3) is 0 Å². The number of carboxylic acid groups (broad SMARTS) is 1. The van der Waals surface area contributed by atoms with Crippen LogP contribution in [0, 0.1) is 10.7 Å². The first kappa shape index (κ1) is 21.5. The number of aromatic carboxylic acids is 1. The largest absolute Gasteiger partial charge is 0.478 e. The molecule has 1 aromatic carbocycles. The highest BCUT2D eigenvalue weighted by Crippen LogP contribution is 2.36. The number of carboxylic acids is 1. The molecule has 0 aliphatic heterocycles. The molecular formula is C14H12I3NO6. The summed E-state index contributed by atoms with van der Waals surface area (Å²) in [7, 11) is 0. The van der Waals surface area contributed by atoms with Crippen molar-refractivity contribution < 1.29 is 29.0 Å². The van der Waals surface area contributed by atoms with Crippen molar-refractivity contribution in [3.8, 4) is 0 Å². The molecule has 0 heterocycles. The van der Waals surface area contributed by atoms with Crippen LogP contribution >= 0.6 is 67.8 Å². The normalized spacial score (nSPS) is 11.6. The predicted molar refractivity (Wildman–Crippen MR) is 111 cm³/mol. The van der Waals surface area contributed by atoms with Crippen molar-refractivity contribution in [3.63, 3.8) is 0 Å². The second-order valence-electron chi connectivity index (χ2n) is 4.67. The Hall–Kier alpha value is -0.510. The number of ketones is 1. The third kappa shape index (κ3) is 4.77. The van der Waals surface area contributed by atoms with Gasteiger partial charge in [0.25, 0.3) is 5.91 Å². The van der Waals surface area contributed by atoms with Gasteiger partial charge in [0, 0.05) is 19.6 Å². The molecule has 1 amide bonds. The zero-order valence-electron chi connectivity index (χ0n) is 12.7. The molecule has 0 radical (unpaired) electrons. The maximum absolute atomic E-state index is 12.2. The molecule has 1 rings (SSSR count). The molecule has 0 saturated heterocycles. The Bertz CT molecular complexity index is 706. The Labute approximate surface area is 178 Å². The molecule has 0 fully saturated rings. The molecule has 0 bridgehead atoms. The third-order valence-corrected chi connectivity index (χ3v) is 6.08. The molecule has 130 valence electrons. The van der Waals surface area contributed by atoms with Crippen molar-refractivity contribution in [1.29, 1.82) is 0 Å². The van der Waals surface area contributed by atoms with Crippen LogP contribution in [-0.2, 0) is 14.3 Å². The molecule has 7 nitrogen and oxygen atoms in total. The van der Waals surface area contributed by atoms with Gasteiger partial charge < -0.3 is 15.2 Å². The summed E-state index contributed by atoms with van der Waals surface area (Å²) in [6.07, 6.45) is -1.05. The van der Waals surface area contributed by atoms with Gasteiger partial charge >= 0.3 is 11.9 Å². The van der Waals surface area contributed by atoms with Crippen LogP contribution in [0.1, 0.15) is 41.5 Å². The number of carbonyl (C=O) groups is 4. The Morgan fingerprint density at radius 3 is 1.92 bits per heavy atom.